The molecule has 0 unspecified atom stereocenters. The van der Waals surface area contributed by atoms with Crippen LogP contribution in [0.4, 0.5) is 0 Å². The summed E-state index contributed by atoms with van der Waals surface area (Å²) in [6.07, 6.45) is 5.19. The van der Waals surface area contributed by atoms with E-state index >= 15 is 0 Å². The minimum atomic E-state index is -0.292. The number of hydrogen-bond donors (Lipinski definition) is 0. The van der Waals surface area contributed by atoms with Crippen LogP contribution in [0.2, 0.25) is 0 Å². The molecule has 5 nitrogen and oxygen atoms in total. The van der Waals surface area contributed by atoms with Gasteiger partial charge in [-0.15, -0.1) is 0 Å². The molecule has 1 amide bonds. The van der Waals surface area contributed by atoms with E-state index in [1.54, 1.807) is 7.11 Å². The van der Waals surface area contributed by atoms with Gasteiger partial charge < -0.3 is 14.4 Å². The van der Waals surface area contributed by atoms with E-state index in [0.29, 0.717) is 37.1 Å². The lowest BCUT2D eigenvalue weighted by Gasteiger charge is -2.35. The van der Waals surface area contributed by atoms with E-state index in [2.05, 4.69) is 52.3 Å². The summed E-state index contributed by atoms with van der Waals surface area (Å²) in [6.45, 7) is 5.18. The Labute approximate surface area is 196 Å². The summed E-state index contributed by atoms with van der Waals surface area (Å²) >= 11 is 0. The number of amides is 1. The molecule has 0 aromatic heterocycles. The number of carbonyl (C=O) groups is 1. The first-order valence-electron chi connectivity index (χ1n) is 12.5. The van der Waals surface area contributed by atoms with Gasteiger partial charge in [-0.1, -0.05) is 30.3 Å². The lowest BCUT2D eigenvalue weighted by molar-refractivity contribution is -0.138. The number of nitrogens with zero attached hydrogens (tertiary/aromatic N) is 2. The van der Waals surface area contributed by atoms with Gasteiger partial charge in [0.2, 0.25) is 5.91 Å². The van der Waals surface area contributed by atoms with Crippen LogP contribution in [0.3, 0.4) is 0 Å². The highest BCUT2D eigenvalue weighted by molar-refractivity contribution is 5.90. The van der Waals surface area contributed by atoms with Crippen LogP contribution < -0.4 is 4.74 Å². The first kappa shape index (κ1) is 21.2. The fourth-order valence-electron chi connectivity index (χ4n) is 7.24. The maximum absolute atomic E-state index is 14.1. The van der Waals surface area contributed by atoms with Gasteiger partial charge in [0, 0.05) is 36.7 Å². The van der Waals surface area contributed by atoms with Crippen molar-refractivity contribution in [1.29, 1.82) is 0 Å². The molecular formula is C28H34N2O3. The molecule has 33 heavy (non-hydrogen) atoms. The normalized spacial score (nSPS) is 28.9. The Kier molecular flexibility index (Phi) is 5.22. The van der Waals surface area contributed by atoms with E-state index < -0.39 is 0 Å². The van der Waals surface area contributed by atoms with Crippen molar-refractivity contribution in [2.24, 2.45) is 5.92 Å². The molecule has 0 saturated carbocycles. The Morgan fingerprint density at radius 3 is 2.64 bits per heavy atom. The predicted octanol–water partition coefficient (Wildman–Crippen LogP) is 4.14. The van der Waals surface area contributed by atoms with Crippen molar-refractivity contribution in [3.8, 4) is 5.75 Å². The molecule has 174 valence electrons. The van der Waals surface area contributed by atoms with Crippen LogP contribution in [0.15, 0.2) is 42.5 Å². The molecule has 1 spiro atoms. The van der Waals surface area contributed by atoms with Crippen molar-refractivity contribution in [1.82, 2.24) is 9.80 Å². The van der Waals surface area contributed by atoms with Gasteiger partial charge in [-0.05, 0) is 74.4 Å². The van der Waals surface area contributed by atoms with Crippen molar-refractivity contribution >= 4 is 5.91 Å². The van der Waals surface area contributed by atoms with Crippen molar-refractivity contribution in [2.45, 2.75) is 63.3 Å². The summed E-state index contributed by atoms with van der Waals surface area (Å²) in [6, 6.07) is 15.9. The molecular weight excluding hydrogens is 412 g/mol. The molecule has 4 aliphatic rings. The third kappa shape index (κ3) is 3.16. The summed E-state index contributed by atoms with van der Waals surface area (Å²) < 4.78 is 11.3. The van der Waals surface area contributed by atoms with Crippen molar-refractivity contribution in [2.75, 3.05) is 26.8 Å². The lowest BCUT2D eigenvalue weighted by Crippen LogP contribution is -2.51. The monoisotopic (exact) mass is 446 g/mol. The Hall–Kier alpha value is -2.37. The zero-order chi connectivity index (χ0) is 22.6. The second-order valence-corrected chi connectivity index (χ2v) is 10.2. The van der Waals surface area contributed by atoms with Gasteiger partial charge in [0.05, 0.1) is 13.7 Å². The van der Waals surface area contributed by atoms with Crippen molar-refractivity contribution in [3.05, 3.63) is 64.7 Å². The molecule has 3 atom stereocenters. The van der Waals surface area contributed by atoms with Gasteiger partial charge in [-0.3, -0.25) is 9.69 Å². The molecule has 3 fully saturated rings. The molecule has 3 saturated heterocycles. The highest BCUT2D eigenvalue weighted by Crippen LogP contribution is 2.56. The highest BCUT2D eigenvalue weighted by atomic mass is 16.5. The third-order valence-corrected chi connectivity index (χ3v) is 8.70. The minimum Gasteiger partial charge on any atom is -0.496 e. The summed E-state index contributed by atoms with van der Waals surface area (Å²) in [5, 5.41) is 0. The maximum Gasteiger partial charge on any atom is 0.243 e. The van der Waals surface area contributed by atoms with E-state index in [4.69, 9.17) is 9.47 Å². The Morgan fingerprint density at radius 2 is 1.91 bits per heavy atom. The standard InChI is InChI=1S/C28H34N2O3/c1-3-33-18-22-13-21(9-10-26(22)32-2)25-16-23-17-29(27(31)28(23)11-6-12-30(25)28)24-14-19-7-4-5-8-20(19)15-24/h4-5,7-10,13,23-25H,3,6,11-12,14-18H2,1-2H3/t23-,25-,28-/m0/s1. The maximum atomic E-state index is 14.1. The lowest BCUT2D eigenvalue weighted by atomic mass is 9.85. The van der Waals surface area contributed by atoms with Gasteiger partial charge in [0.15, 0.2) is 0 Å². The number of carbonyl (C=O) groups excluding carboxylic acids is 1. The van der Waals surface area contributed by atoms with E-state index in [9.17, 15) is 4.79 Å². The topological polar surface area (TPSA) is 42.0 Å². The smallest absolute Gasteiger partial charge is 0.243 e. The quantitative estimate of drug-likeness (QED) is 0.669. The largest absolute Gasteiger partial charge is 0.496 e. The van der Waals surface area contributed by atoms with E-state index in [1.807, 2.05) is 6.92 Å². The van der Waals surface area contributed by atoms with E-state index in [1.165, 1.54) is 16.7 Å². The number of hydrogen-bond acceptors (Lipinski definition) is 4. The Bertz CT molecular complexity index is 1040. The fraction of sp³-hybridized carbons (Fsp3) is 0.536. The highest BCUT2D eigenvalue weighted by Gasteiger charge is 2.65. The molecule has 0 radical (unpaired) electrons. The number of fused-ring (bicyclic) bond motifs is 1. The Morgan fingerprint density at radius 1 is 1.12 bits per heavy atom. The molecule has 3 heterocycles. The summed E-state index contributed by atoms with van der Waals surface area (Å²) in [5.41, 5.74) is 4.95. The second kappa shape index (κ2) is 8.14. The first-order valence-corrected chi connectivity index (χ1v) is 12.5. The van der Waals surface area contributed by atoms with Crippen LogP contribution in [-0.4, -0.2) is 54.1 Å². The predicted molar refractivity (Wildman–Crippen MR) is 127 cm³/mol. The number of ether oxygens (including phenoxy) is 2. The van der Waals surface area contributed by atoms with Crippen molar-refractivity contribution < 1.29 is 14.3 Å². The summed E-state index contributed by atoms with van der Waals surface area (Å²) in [5.74, 6) is 1.69. The van der Waals surface area contributed by atoms with Crippen molar-refractivity contribution in [3.63, 3.8) is 0 Å². The van der Waals surface area contributed by atoms with Crippen LogP contribution >= 0.6 is 0 Å². The van der Waals surface area contributed by atoms with Crippen LogP contribution in [0, 0.1) is 5.92 Å². The first-order chi connectivity index (χ1) is 16.2. The third-order valence-electron chi connectivity index (χ3n) is 8.70. The molecule has 0 bridgehead atoms. The number of benzene rings is 2. The van der Waals surface area contributed by atoms with Gasteiger partial charge in [0.25, 0.3) is 0 Å². The SMILES string of the molecule is CCOCc1cc([C@@H]2C[C@H]3CN(C4Cc5ccccc5C4)C(=O)[C@]34CCCN24)ccc1OC. The van der Waals surface area contributed by atoms with Crippen LogP contribution in [-0.2, 0) is 29.0 Å². The zero-order valence-electron chi connectivity index (χ0n) is 19.8. The molecule has 2 aromatic rings. The zero-order valence-corrected chi connectivity index (χ0v) is 19.8. The van der Waals surface area contributed by atoms with Gasteiger partial charge in [-0.25, -0.2) is 0 Å². The minimum absolute atomic E-state index is 0.292. The van der Waals surface area contributed by atoms with Gasteiger partial charge >= 0.3 is 0 Å². The summed E-state index contributed by atoms with van der Waals surface area (Å²) in [7, 11) is 1.72. The van der Waals surface area contributed by atoms with Gasteiger partial charge in [0.1, 0.15) is 11.3 Å². The molecule has 0 N–H and O–H groups in total. The molecule has 6 rings (SSSR count). The van der Waals surface area contributed by atoms with Crippen LogP contribution in [0.25, 0.3) is 0 Å². The Balaban J connectivity index is 1.26. The number of likely N-dealkylation sites (tertiary alicyclic amines) is 1. The molecule has 5 heteroatoms. The van der Waals surface area contributed by atoms with E-state index in [-0.39, 0.29) is 5.54 Å². The summed E-state index contributed by atoms with van der Waals surface area (Å²) in [4.78, 5) is 18.9. The number of rotatable bonds is 6. The van der Waals surface area contributed by atoms with E-state index in [0.717, 1.165) is 56.5 Å². The molecule has 3 aliphatic heterocycles. The van der Waals surface area contributed by atoms with Crippen LogP contribution in [0.5, 0.6) is 5.75 Å². The van der Waals surface area contributed by atoms with Crippen LogP contribution in [0.1, 0.15) is 54.5 Å². The fourth-order valence-corrected chi connectivity index (χ4v) is 7.24. The molecule has 2 aromatic carbocycles. The average molecular weight is 447 g/mol. The van der Waals surface area contributed by atoms with Gasteiger partial charge in [-0.2, -0.15) is 0 Å². The second-order valence-electron chi connectivity index (χ2n) is 10.2. The average Bonchev–Trinajstić information content (AvgIpc) is 3.58. The molecule has 1 aliphatic carbocycles. The number of methoxy groups -OCH3 is 1.